The van der Waals surface area contributed by atoms with Gasteiger partial charge < -0.3 is 14.7 Å². The predicted octanol–water partition coefficient (Wildman–Crippen LogP) is 0.785. The van der Waals surface area contributed by atoms with Gasteiger partial charge in [-0.3, -0.25) is 9.59 Å². The Bertz CT molecular complexity index is 507. The smallest absolute Gasteiger partial charge is 0.248 e. The molecular formula is C13H20N4O3. The van der Waals surface area contributed by atoms with Crippen LogP contribution in [0.3, 0.4) is 0 Å². The molecule has 0 saturated carbocycles. The van der Waals surface area contributed by atoms with E-state index >= 15 is 0 Å². The zero-order chi connectivity index (χ0) is 14.8. The van der Waals surface area contributed by atoms with E-state index in [2.05, 4.69) is 15.5 Å². The lowest BCUT2D eigenvalue weighted by molar-refractivity contribution is -0.139. The minimum Gasteiger partial charge on any atom is -0.342 e. The lowest BCUT2D eigenvalue weighted by Crippen LogP contribution is -2.56. The summed E-state index contributed by atoms with van der Waals surface area (Å²) in [5, 5.41) is 6.68. The van der Waals surface area contributed by atoms with E-state index in [1.165, 1.54) is 0 Å². The van der Waals surface area contributed by atoms with Crippen molar-refractivity contribution in [1.82, 2.24) is 20.4 Å². The third kappa shape index (κ3) is 2.66. The highest BCUT2D eigenvalue weighted by molar-refractivity contribution is 5.93. The molecule has 0 radical (unpaired) electrons. The zero-order valence-electron chi connectivity index (χ0n) is 12.1. The molecule has 0 aromatic carbocycles. The minimum atomic E-state index is -0.813. The summed E-state index contributed by atoms with van der Waals surface area (Å²) < 4.78 is 4.92. The van der Waals surface area contributed by atoms with E-state index in [0.717, 1.165) is 0 Å². The normalized spacial score (nSPS) is 18.9. The van der Waals surface area contributed by atoms with E-state index in [1.54, 1.807) is 11.8 Å². The molecule has 7 heteroatoms. The summed E-state index contributed by atoms with van der Waals surface area (Å²) in [6.45, 7) is 6.16. The van der Waals surface area contributed by atoms with Gasteiger partial charge in [0.15, 0.2) is 5.82 Å². The molecule has 0 bridgehead atoms. The standard InChI is InChI=1S/C13H20N4O3/c1-4-13(5-2)12(19)17(7-6-11(18)15-13)8-10-14-9(3)20-16-10/h4-8H2,1-3H3,(H,15,18). The van der Waals surface area contributed by atoms with Crippen molar-refractivity contribution in [3.05, 3.63) is 11.7 Å². The van der Waals surface area contributed by atoms with E-state index in [0.29, 0.717) is 37.5 Å². The molecule has 0 unspecified atom stereocenters. The molecule has 1 aliphatic rings. The molecule has 2 rings (SSSR count). The summed E-state index contributed by atoms with van der Waals surface area (Å²) in [5.41, 5.74) is -0.813. The van der Waals surface area contributed by atoms with Crippen molar-refractivity contribution >= 4 is 11.8 Å². The number of nitrogens with zero attached hydrogens (tertiary/aromatic N) is 3. The quantitative estimate of drug-likeness (QED) is 0.880. The van der Waals surface area contributed by atoms with Gasteiger partial charge in [-0.25, -0.2) is 0 Å². The molecule has 0 aliphatic carbocycles. The highest BCUT2D eigenvalue weighted by Crippen LogP contribution is 2.22. The summed E-state index contributed by atoms with van der Waals surface area (Å²) >= 11 is 0. The van der Waals surface area contributed by atoms with Gasteiger partial charge in [0.2, 0.25) is 17.7 Å². The van der Waals surface area contributed by atoms with Gasteiger partial charge in [0.25, 0.3) is 0 Å². The van der Waals surface area contributed by atoms with Gasteiger partial charge in [0, 0.05) is 19.9 Å². The molecule has 20 heavy (non-hydrogen) atoms. The third-order valence-corrected chi connectivity index (χ3v) is 3.79. The second-order valence-electron chi connectivity index (χ2n) is 5.04. The van der Waals surface area contributed by atoms with Crippen LogP contribution in [-0.4, -0.2) is 38.9 Å². The van der Waals surface area contributed by atoms with Crippen LogP contribution in [-0.2, 0) is 16.1 Å². The van der Waals surface area contributed by atoms with E-state index in [4.69, 9.17) is 4.52 Å². The lowest BCUT2D eigenvalue weighted by Gasteiger charge is -2.33. The number of carbonyl (C=O) groups is 2. The third-order valence-electron chi connectivity index (χ3n) is 3.79. The van der Waals surface area contributed by atoms with Gasteiger partial charge in [-0.15, -0.1) is 0 Å². The number of rotatable bonds is 4. The Morgan fingerprint density at radius 3 is 2.60 bits per heavy atom. The highest BCUT2D eigenvalue weighted by atomic mass is 16.5. The molecule has 110 valence electrons. The topological polar surface area (TPSA) is 88.3 Å². The van der Waals surface area contributed by atoms with E-state index in [9.17, 15) is 9.59 Å². The molecule has 0 spiro atoms. The predicted molar refractivity (Wildman–Crippen MR) is 70.5 cm³/mol. The SMILES string of the molecule is CCC1(CC)NC(=O)CCN(Cc2noc(C)n2)C1=O. The first-order valence-corrected chi connectivity index (χ1v) is 6.90. The summed E-state index contributed by atoms with van der Waals surface area (Å²) in [5.74, 6) is 0.768. The van der Waals surface area contributed by atoms with Crippen molar-refractivity contribution in [3.63, 3.8) is 0 Å². The minimum absolute atomic E-state index is 0.0733. The maximum absolute atomic E-state index is 12.7. The fraction of sp³-hybridized carbons (Fsp3) is 0.692. The molecule has 1 fully saturated rings. The first-order chi connectivity index (χ1) is 9.50. The molecule has 1 N–H and O–H groups in total. The van der Waals surface area contributed by atoms with Crippen LogP contribution < -0.4 is 5.32 Å². The average Bonchev–Trinajstić information content (AvgIpc) is 2.80. The number of amides is 2. The van der Waals surface area contributed by atoms with Crippen molar-refractivity contribution in [2.45, 2.75) is 52.1 Å². The average molecular weight is 280 g/mol. The summed E-state index contributed by atoms with van der Waals surface area (Å²) in [6.07, 6.45) is 1.43. The molecule has 2 amide bonds. The molecular weight excluding hydrogens is 260 g/mol. The molecule has 1 aromatic rings. The number of carbonyl (C=O) groups excluding carboxylic acids is 2. The van der Waals surface area contributed by atoms with E-state index in [1.807, 2.05) is 13.8 Å². The van der Waals surface area contributed by atoms with E-state index < -0.39 is 5.54 Å². The molecule has 1 saturated heterocycles. The van der Waals surface area contributed by atoms with Crippen LogP contribution in [0.4, 0.5) is 0 Å². The fourth-order valence-corrected chi connectivity index (χ4v) is 2.48. The molecule has 0 atom stereocenters. The highest BCUT2D eigenvalue weighted by Gasteiger charge is 2.41. The first-order valence-electron chi connectivity index (χ1n) is 6.90. The Balaban J connectivity index is 2.23. The number of aromatic nitrogens is 2. The van der Waals surface area contributed by atoms with Crippen LogP contribution in [0.2, 0.25) is 0 Å². The summed E-state index contributed by atoms with van der Waals surface area (Å²) in [4.78, 5) is 30.3. The molecule has 7 nitrogen and oxygen atoms in total. The van der Waals surface area contributed by atoms with Crippen LogP contribution in [0.1, 0.15) is 44.8 Å². The van der Waals surface area contributed by atoms with Gasteiger partial charge in [0.1, 0.15) is 5.54 Å². The van der Waals surface area contributed by atoms with E-state index in [-0.39, 0.29) is 18.4 Å². The van der Waals surface area contributed by atoms with Crippen LogP contribution in [0, 0.1) is 6.92 Å². The second-order valence-corrected chi connectivity index (χ2v) is 5.04. The van der Waals surface area contributed by atoms with Crippen LogP contribution in [0.15, 0.2) is 4.52 Å². The number of aryl methyl sites for hydroxylation is 1. The molecule has 2 heterocycles. The van der Waals surface area contributed by atoms with Gasteiger partial charge >= 0.3 is 0 Å². The van der Waals surface area contributed by atoms with Crippen LogP contribution in [0.5, 0.6) is 0 Å². The second kappa shape index (κ2) is 5.60. The molecule has 1 aromatic heterocycles. The zero-order valence-corrected chi connectivity index (χ0v) is 12.1. The largest absolute Gasteiger partial charge is 0.342 e. The van der Waals surface area contributed by atoms with Crippen molar-refractivity contribution in [3.8, 4) is 0 Å². The number of hydrogen-bond acceptors (Lipinski definition) is 5. The van der Waals surface area contributed by atoms with Gasteiger partial charge in [0.05, 0.1) is 6.54 Å². The maximum Gasteiger partial charge on any atom is 0.248 e. The van der Waals surface area contributed by atoms with Crippen molar-refractivity contribution in [1.29, 1.82) is 0 Å². The number of nitrogens with one attached hydrogen (secondary N) is 1. The summed E-state index contributed by atoms with van der Waals surface area (Å²) in [7, 11) is 0. The van der Waals surface area contributed by atoms with Crippen LogP contribution in [0.25, 0.3) is 0 Å². The maximum atomic E-state index is 12.7. The van der Waals surface area contributed by atoms with Crippen molar-refractivity contribution in [2.75, 3.05) is 6.54 Å². The van der Waals surface area contributed by atoms with Gasteiger partial charge in [-0.1, -0.05) is 19.0 Å². The Morgan fingerprint density at radius 2 is 2.05 bits per heavy atom. The monoisotopic (exact) mass is 280 g/mol. The van der Waals surface area contributed by atoms with Crippen LogP contribution >= 0.6 is 0 Å². The Hall–Kier alpha value is -1.92. The summed E-state index contributed by atoms with van der Waals surface area (Å²) in [6, 6.07) is 0. The Morgan fingerprint density at radius 1 is 1.35 bits per heavy atom. The first kappa shape index (κ1) is 14.5. The van der Waals surface area contributed by atoms with Crippen molar-refractivity contribution in [2.24, 2.45) is 0 Å². The Labute approximate surface area is 117 Å². The lowest BCUT2D eigenvalue weighted by atomic mass is 9.91. The van der Waals surface area contributed by atoms with Gasteiger partial charge in [-0.05, 0) is 12.8 Å². The molecule has 1 aliphatic heterocycles. The van der Waals surface area contributed by atoms with Gasteiger partial charge in [-0.2, -0.15) is 4.98 Å². The Kier molecular flexibility index (Phi) is 4.06. The van der Waals surface area contributed by atoms with Crippen molar-refractivity contribution < 1.29 is 14.1 Å². The number of hydrogen-bond donors (Lipinski definition) is 1. The fourth-order valence-electron chi connectivity index (χ4n) is 2.48.